The summed E-state index contributed by atoms with van der Waals surface area (Å²) >= 11 is 0. The molecule has 35 heavy (non-hydrogen) atoms. The topological polar surface area (TPSA) is 95.8 Å². The summed E-state index contributed by atoms with van der Waals surface area (Å²) in [6.07, 6.45) is 2.10. The van der Waals surface area contributed by atoms with E-state index in [-0.39, 0.29) is 11.7 Å². The van der Waals surface area contributed by atoms with E-state index >= 15 is 0 Å². The number of hydrogen-bond donors (Lipinski definition) is 3. The van der Waals surface area contributed by atoms with Crippen molar-refractivity contribution in [3.63, 3.8) is 0 Å². The van der Waals surface area contributed by atoms with Crippen LogP contribution in [0.1, 0.15) is 16.1 Å². The number of carbonyl (C=O) groups is 1. The van der Waals surface area contributed by atoms with Crippen molar-refractivity contribution < 1.29 is 9.90 Å². The van der Waals surface area contributed by atoms with Crippen LogP contribution < -0.4 is 5.32 Å². The second-order valence-electron chi connectivity index (χ2n) is 8.29. The van der Waals surface area contributed by atoms with E-state index in [1.165, 1.54) is 4.68 Å². The number of nitrogens with one attached hydrogen (secondary N) is 2. The van der Waals surface area contributed by atoms with Crippen LogP contribution >= 0.6 is 0 Å². The fourth-order valence-electron chi connectivity index (χ4n) is 4.50. The van der Waals surface area contributed by atoms with Gasteiger partial charge in [-0.25, -0.2) is 0 Å². The van der Waals surface area contributed by atoms with E-state index in [0.717, 1.165) is 33.8 Å². The van der Waals surface area contributed by atoms with Crippen LogP contribution in [-0.2, 0) is 6.42 Å². The Hall–Kier alpha value is -4.91. The molecule has 5 aromatic rings. The third kappa shape index (κ3) is 3.69. The number of allylic oxidation sites excluding steroid dienone is 2. The molecule has 6 rings (SSSR count). The van der Waals surface area contributed by atoms with Crippen molar-refractivity contribution in [3.05, 3.63) is 114 Å². The van der Waals surface area contributed by atoms with Crippen molar-refractivity contribution in [1.29, 1.82) is 0 Å². The Morgan fingerprint density at radius 2 is 1.51 bits per heavy atom. The summed E-state index contributed by atoms with van der Waals surface area (Å²) in [5.41, 5.74) is 6.35. The molecule has 1 aliphatic rings. The summed E-state index contributed by atoms with van der Waals surface area (Å²) in [5.74, 6) is 0.582. The molecule has 7 nitrogen and oxygen atoms in total. The summed E-state index contributed by atoms with van der Waals surface area (Å²) in [4.78, 5) is 14.0. The number of fused-ring (bicyclic) bond motifs is 1. The Bertz CT molecular complexity index is 1530. The van der Waals surface area contributed by atoms with Gasteiger partial charge in [0, 0.05) is 29.3 Å². The van der Waals surface area contributed by atoms with Gasteiger partial charge in [0.25, 0.3) is 5.91 Å². The quantitative estimate of drug-likeness (QED) is 0.329. The maximum atomic E-state index is 14.0. The van der Waals surface area contributed by atoms with Crippen LogP contribution in [0.2, 0.25) is 0 Å². The highest BCUT2D eigenvalue weighted by molar-refractivity contribution is 6.23. The summed E-state index contributed by atoms with van der Waals surface area (Å²) < 4.78 is 1.52. The molecule has 0 atom stereocenters. The molecule has 0 fully saturated rings. The molecule has 3 aromatic carbocycles. The molecule has 2 aromatic heterocycles. The lowest BCUT2D eigenvalue weighted by molar-refractivity contribution is 0.0958. The first-order valence-electron chi connectivity index (χ1n) is 11.3. The molecular weight excluding hydrogens is 438 g/mol. The van der Waals surface area contributed by atoms with Gasteiger partial charge in [0.2, 0.25) is 0 Å². The zero-order valence-electron chi connectivity index (χ0n) is 18.6. The molecule has 0 saturated heterocycles. The van der Waals surface area contributed by atoms with Crippen LogP contribution in [-0.4, -0.2) is 31.0 Å². The van der Waals surface area contributed by atoms with E-state index in [0.29, 0.717) is 23.4 Å². The van der Waals surface area contributed by atoms with Gasteiger partial charge in [-0.1, -0.05) is 72.8 Å². The van der Waals surface area contributed by atoms with Crippen LogP contribution in [0.25, 0.3) is 28.0 Å². The number of benzene rings is 3. The molecule has 3 heterocycles. The van der Waals surface area contributed by atoms with Crippen molar-refractivity contribution in [2.45, 2.75) is 6.42 Å². The average Bonchev–Trinajstić information content (AvgIpc) is 3.54. The second-order valence-corrected chi connectivity index (χ2v) is 8.29. The number of carbonyl (C=O) groups excluding carboxylic acids is 1. The smallest absolute Gasteiger partial charge is 0.280 e. The lowest BCUT2D eigenvalue weighted by atomic mass is 9.92. The molecule has 1 aliphatic heterocycles. The number of aromatic nitrogens is 4. The Kier molecular flexibility index (Phi) is 5.00. The van der Waals surface area contributed by atoms with Gasteiger partial charge < -0.3 is 10.4 Å². The second kappa shape index (κ2) is 8.46. The predicted molar refractivity (Wildman–Crippen MR) is 135 cm³/mol. The van der Waals surface area contributed by atoms with Crippen molar-refractivity contribution >= 4 is 17.3 Å². The molecule has 0 spiro atoms. The first-order chi connectivity index (χ1) is 17.2. The van der Waals surface area contributed by atoms with Crippen LogP contribution in [0, 0.1) is 0 Å². The highest BCUT2D eigenvalue weighted by Gasteiger charge is 2.33. The fourth-order valence-corrected chi connectivity index (χ4v) is 4.50. The molecule has 0 radical (unpaired) electrons. The van der Waals surface area contributed by atoms with Gasteiger partial charge in [-0.15, -0.1) is 0 Å². The van der Waals surface area contributed by atoms with Gasteiger partial charge in [0.15, 0.2) is 0 Å². The summed E-state index contributed by atoms with van der Waals surface area (Å²) in [6.45, 7) is 0. The Morgan fingerprint density at radius 3 is 2.17 bits per heavy atom. The van der Waals surface area contributed by atoms with Crippen LogP contribution in [0.5, 0.6) is 5.75 Å². The largest absolute Gasteiger partial charge is 0.508 e. The maximum Gasteiger partial charge on any atom is 0.280 e. The van der Waals surface area contributed by atoms with Gasteiger partial charge in [0.05, 0.1) is 17.5 Å². The van der Waals surface area contributed by atoms with E-state index in [1.54, 1.807) is 30.5 Å². The molecule has 0 bridgehead atoms. The van der Waals surface area contributed by atoms with Crippen molar-refractivity contribution in [2.24, 2.45) is 0 Å². The van der Waals surface area contributed by atoms with Gasteiger partial charge in [-0.3, -0.25) is 9.89 Å². The number of nitrogens with zero attached hydrogens (tertiary/aromatic N) is 3. The molecular formula is C28H21N5O2. The number of phenolic OH excluding ortho intramolecular Hbond substituents is 1. The predicted octanol–water partition coefficient (Wildman–Crippen LogP) is 5.37. The van der Waals surface area contributed by atoms with Crippen molar-refractivity contribution in [3.8, 4) is 28.1 Å². The lowest BCUT2D eigenvalue weighted by Crippen LogP contribution is -2.26. The Labute approximate surface area is 201 Å². The summed E-state index contributed by atoms with van der Waals surface area (Å²) in [7, 11) is 0. The number of aromatic hydroxyl groups is 1. The van der Waals surface area contributed by atoms with Gasteiger partial charge in [0.1, 0.15) is 17.3 Å². The van der Waals surface area contributed by atoms with Crippen molar-refractivity contribution in [2.75, 3.05) is 5.32 Å². The van der Waals surface area contributed by atoms with E-state index < -0.39 is 0 Å². The van der Waals surface area contributed by atoms with E-state index in [4.69, 9.17) is 5.10 Å². The monoisotopic (exact) mass is 459 g/mol. The minimum Gasteiger partial charge on any atom is -0.508 e. The average molecular weight is 460 g/mol. The van der Waals surface area contributed by atoms with Gasteiger partial charge in [-0.05, 0) is 23.3 Å². The number of phenols is 1. The Morgan fingerprint density at radius 1 is 0.829 bits per heavy atom. The van der Waals surface area contributed by atoms with E-state index in [9.17, 15) is 9.90 Å². The lowest BCUT2D eigenvalue weighted by Gasteiger charge is -2.22. The van der Waals surface area contributed by atoms with E-state index in [1.807, 2.05) is 66.7 Å². The molecule has 0 aliphatic carbocycles. The molecule has 170 valence electrons. The van der Waals surface area contributed by atoms with Gasteiger partial charge in [-0.2, -0.15) is 14.9 Å². The Balaban J connectivity index is 1.57. The van der Waals surface area contributed by atoms with Crippen LogP contribution in [0.3, 0.4) is 0 Å². The van der Waals surface area contributed by atoms with Crippen LogP contribution in [0.4, 0.5) is 5.82 Å². The maximum absolute atomic E-state index is 14.0. The zero-order chi connectivity index (χ0) is 23.8. The minimum absolute atomic E-state index is 0.137. The first-order valence-corrected chi connectivity index (χ1v) is 11.3. The molecule has 0 saturated carbocycles. The van der Waals surface area contributed by atoms with Gasteiger partial charge >= 0.3 is 0 Å². The molecule has 0 unspecified atom stereocenters. The first kappa shape index (κ1) is 20.7. The molecule has 0 amide bonds. The third-order valence-electron chi connectivity index (χ3n) is 6.09. The SMILES string of the molecule is O=C1C(c2ccc(O)cc2)=C(Nc2ccn[nH]2)Cc2c(-c3ccccc3)c(-c3ccccc3)nn21. The number of aromatic amines is 1. The normalized spacial score (nSPS) is 13.1. The number of hydrogen-bond acceptors (Lipinski definition) is 5. The van der Waals surface area contributed by atoms with E-state index in [2.05, 4.69) is 15.5 Å². The van der Waals surface area contributed by atoms with Crippen LogP contribution in [0.15, 0.2) is 103 Å². The summed E-state index contributed by atoms with van der Waals surface area (Å²) in [6, 6.07) is 28.4. The molecule has 7 heteroatoms. The van der Waals surface area contributed by atoms with Crippen molar-refractivity contribution in [1.82, 2.24) is 20.0 Å². The fraction of sp³-hybridized carbons (Fsp3) is 0.0357. The minimum atomic E-state index is -0.238. The zero-order valence-corrected chi connectivity index (χ0v) is 18.6. The highest BCUT2D eigenvalue weighted by atomic mass is 16.3. The summed E-state index contributed by atoms with van der Waals surface area (Å²) in [5, 5.41) is 24.9. The molecule has 3 N–H and O–H groups in total. The highest BCUT2D eigenvalue weighted by Crippen LogP contribution is 2.40. The number of H-pyrrole nitrogens is 1. The standard InChI is InChI=1S/C28H21N5O2/c34-21-13-11-19(12-14-21)25-22(30-24-15-16-29-31-24)17-23-26(18-7-3-1-4-8-18)27(32-33(23)28(25)35)20-9-5-2-6-10-20/h1-16,34H,17H2,(H2,29,30,31). The number of anilines is 1. The number of rotatable bonds is 5. The third-order valence-corrected chi connectivity index (χ3v) is 6.09.